The van der Waals surface area contributed by atoms with Gasteiger partial charge in [0.1, 0.15) is 5.69 Å². The van der Waals surface area contributed by atoms with Crippen molar-refractivity contribution in [2.24, 2.45) is 0 Å². The van der Waals surface area contributed by atoms with E-state index >= 15 is 0 Å². The molecular formula is C15H10F3N3. The zero-order valence-corrected chi connectivity index (χ0v) is 11.0. The van der Waals surface area contributed by atoms with Crippen LogP contribution in [-0.2, 0) is 0 Å². The lowest BCUT2D eigenvalue weighted by atomic mass is 10.0. The average molecular weight is 289 g/mol. The first-order chi connectivity index (χ1) is 10.1. The number of nitrogens with zero attached hydrogens (tertiary/aromatic N) is 2. The Bertz CT molecular complexity index is 811. The molecule has 3 nitrogen and oxygen atoms in total. The smallest absolute Gasteiger partial charge is 0.194 e. The lowest BCUT2D eigenvalue weighted by Crippen LogP contribution is -1.99. The van der Waals surface area contributed by atoms with Gasteiger partial charge >= 0.3 is 0 Å². The number of nitrogens with one attached hydrogen (secondary N) is 1. The molecule has 0 aliphatic carbocycles. The number of halogens is 3. The minimum absolute atomic E-state index is 0.137. The van der Waals surface area contributed by atoms with Crippen LogP contribution in [0.5, 0.6) is 0 Å². The van der Waals surface area contributed by atoms with Gasteiger partial charge in [0.15, 0.2) is 23.3 Å². The highest BCUT2D eigenvalue weighted by atomic mass is 19.2. The zero-order chi connectivity index (χ0) is 15.0. The fourth-order valence-corrected chi connectivity index (χ4v) is 2.19. The maximum atomic E-state index is 13.4. The second-order valence-corrected chi connectivity index (χ2v) is 4.45. The normalized spacial score (nSPS) is 10.9. The molecule has 1 aromatic heterocycles. The van der Waals surface area contributed by atoms with E-state index in [-0.39, 0.29) is 5.56 Å². The van der Waals surface area contributed by atoms with Crippen molar-refractivity contribution in [1.29, 1.82) is 0 Å². The van der Waals surface area contributed by atoms with Crippen LogP contribution in [0.2, 0.25) is 0 Å². The lowest BCUT2D eigenvalue weighted by molar-refractivity contribution is 0.447. The van der Waals surface area contributed by atoms with Crippen molar-refractivity contribution < 1.29 is 13.2 Å². The Balaban J connectivity index is 2.31. The number of hydrogen-bond donors (Lipinski definition) is 1. The summed E-state index contributed by atoms with van der Waals surface area (Å²) < 4.78 is 39.9. The number of rotatable bonds is 2. The van der Waals surface area contributed by atoms with Crippen molar-refractivity contribution in [3.05, 3.63) is 53.8 Å². The van der Waals surface area contributed by atoms with E-state index in [4.69, 9.17) is 0 Å². The Kier molecular flexibility index (Phi) is 3.21. The summed E-state index contributed by atoms with van der Waals surface area (Å²) in [6, 6.07) is 9.00. The molecule has 0 radical (unpaired) electrons. The van der Waals surface area contributed by atoms with Crippen LogP contribution in [0, 0.1) is 17.5 Å². The van der Waals surface area contributed by atoms with Crippen molar-refractivity contribution in [2.75, 3.05) is 12.4 Å². The molecule has 0 amide bonds. The molecule has 0 aliphatic rings. The third-order valence-corrected chi connectivity index (χ3v) is 3.18. The van der Waals surface area contributed by atoms with Gasteiger partial charge in [-0.25, -0.2) is 13.2 Å². The molecule has 0 bridgehead atoms. The molecule has 0 fully saturated rings. The van der Waals surface area contributed by atoms with Gasteiger partial charge in [-0.05, 0) is 12.1 Å². The van der Waals surface area contributed by atoms with Crippen LogP contribution in [0.15, 0.2) is 36.4 Å². The third kappa shape index (κ3) is 2.18. The Hall–Kier alpha value is -2.63. The van der Waals surface area contributed by atoms with Gasteiger partial charge in [0.2, 0.25) is 0 Å². The highest BCUT2D eigenvalue weighted by molar-refractivity contribution is 5.99. The Labute approximate surface area is 118 Å². The largest absolute Gasteiger partial charge is 0.371 e. The number of hydrogen-bond acceptors (Lipinski definition) is 3. The van der Waals surface area contributed by atoms with Gasteiger partial charge < -0.3 is 5.32 Å². The molecule has 0 saturated heterocycles. The summed E-state index contributed by atoms with van der Waals surface area (Å²) in [5.41, 5.74) is 0.431. The van der Waals surface area contributed by atoms with Gasteiger partial charge in [-0.3, -0.25) is 0 Å². The molecule has 0 spiro atoms. The van der Waals surface area contributed by atoms with Crippen LogP contribution < -0.4 is 5.32 Å². The molecule has 2 aromatic carbocycles. The van der Waals surface area contributed by atoms with Crippen molar-refractivity contribution in [2.45, 2.75) is 0 Å². The van der Waals surface area contributed by atoms with E-state index in [1.807, 2.05) is 12.1 Å². The summed E-state index contributed by atoms with van der Waals surface area (Å²) in [6.07, 6.45) is 0. The number of fused-ring (bicyclic) bond motifs is 1. The number of aromatic nitrogens is 2. The number of anilines is 1. The summed E-state index contributed by atoms with van der Waals surface area (Å²) in [5.74, 6) is -3.46. The highest BCUT2D eigenvalue weighted by Crippen LogP contribution is 2.30. The van der Waals surface area contributed by atoms with E-state index in [0.717, 1.165) is 17.5 Å². The van der Waals surface area contributed by atoms with E-state index in [0.29, 0.717) is 16.9 Å². The van der Waals surface area contributed by atoms with E-state index in [1.54, 1.807) is 19.2 Å². The predicted molar refractivity (Wildman–Crippen MR) is 74.4 cm³/mol. The first-order valence-corrected chi connectivity index (χ1v) is 6.20. The lowest BCUT2D eigenvalue weighted by Gasteiger charge is -2.09. The second-order valence-electron chi connectivity index (χ2n) is 4.45. The maximum absolute atomic E-state index is 13.4. The summed E-state index contributed by atoms with van der Waals surface area (Å²) in [6.45, 7) is 0. The molecule has 3 rings (SSSR count). The van der Waals surface area contributed by atoms with Gasteiger partial charge in [-0.1, -0.05) is 24.3 Å². The Morgan fingerprint density at radius 3 is 2.14 bits per heavy atom. The van der Waals surface area contributed by atoms with Crippen molar-refractivity contribution >= 4 is 16.6 Å². The Morgan fingerprint density at radius 1 is 0.905 bits per heavy atom. The molecule has 0 unspecified atom stereocenters. The molecular weight excluding hydrogens is 279 g/mol. The molecule has 21 heavy (non-hydrogen) atoms. The van der Waals surface area contributed by atoms with Gasteiger partial charge in [-0.2, -0.15) is 0 Å². The average Bonchev–Trinajstić information content (AvgIpc) is 2.51. The topological polar surface area (TPSA) is 37.8 Å². The summed E-state index contributed by atoms with van der Waals surface area (Å²) >= 11 is 0. The summed E-state index contributed by atoms with van der Waals surface area (Å²) in [4.78, 5) is 0. The van der Waals surface area contributed by atoms with E-state index in [9.17, 15) is 13.2 Å². The summed E-state index contributed by atoms with van der Waals surface area (Å²) in [7, 11) is 1.70. The molecule has 1 heterocycles. The minimum Gasteiger partial charge on any atom is -0.371 e. The van der Waals surface area contributed by atoms with Crippen LogP contribution in [0.1, 0.15) is 0 Å². The van der Waals surface area contributed by atoms with Crippen molar-refractivity contribution in [1.82, 2.24) is 10.2 Å². The number of benzene rings is 2. The minimum atomic E-state index is -1.50. The van der Waals surface area contributed by atoms with Gasteiger partial charge in [0.25, 0.3) is 0 Å². The van der Waals surface area contributed by atoms with Crippen LogP contribution >= 0.6 is 0 Å². The zero-order valence-electron chi connectivity index (χ0n) is 11.0. The van der Waals surface area contributed by atoms with E-state index in [1.165, 1.54) is 0 Å². The summed E-state index contributed by atoms with van der Waals surface area (Å²) in [5, 5.41) is 12.3. The first-order valence-electron chi connectivity index (χ1n) is 6.20. The van der Waals surface area contributed by atoms with Gasteiger partial charge in [-0.15, -0.1) is 10.2 Å². The second kappa shape index (κ2) is 5.05. The van der Waals surface area contributed by atoms with E-state index in [2.05, 4.69) is 15.5 Å². The molecule has 0 aliphatic heterocycles. The SMILES string of the molecule is CNc1nnc(-c2cc(F)c(F)c(F)c2)c2ccccc12. The van der Waals surface area contributed by atoms with Crippen LogP contribution in [0.4, 0.5) is 19.0 Å². The van der Waals surface area contributed by atoms with E-state index < -0.39 is 17.5 Å². The maximum Gasteiger partial charge on any atom is 0.194 e. The van der Waals surface area contributed by atoms with Gasteiger partial charge in [0.05, 0.1) is 0 Å². The molecule has 0 saturated carbocycles. The molecule has 1 N–H and O–H groups in total. The van der Waals surface area contributed by atoms with Crippen LogP contribution in [-0.4, -0.2) is 17.2 Å². The fourth-order valence-electron chi connectivity index (χ4n) is 2.19. The molecule has 0 atom stereocenters. The molecule has 6 heteroatoms. The first kappa shape index (κ1) is 13.4. The molecule has 3 aromatic rings. The third-order valence-electron chi connectivity index (χ3n) is 3.18. The predicted octanol–water partition coefficient (Wildman–Crippen LogP) is 3.76. The van der Waals surface area contributed by atoms with Crippen molar-refractivity contribution in [3.63, 3.8) is 0 Å². The van der Waals surface area contributed by atoms with Gasteiger partial charge in [0, 0.05) is 23.4 Å². The van der Waals surface area contributed by atoms with Crippen LogP contribution in [0.25, 0.3) is 22.0 Å². The molecule has 106 valence electrons. The standard InChI is InChI=1S/C15H10F3N3/c1-19-15-10-5-3-2-4-9(10)14(20-21-15)8-6-11(16)13(18)12(17)7-8/h2-7H,1H3,(H,19,21). The highest BCUT2D eigenvalue weighted by Gasteiger charge is 2.15. The van der Waals surface area contributed by atoms with Crippen molar-refractivity contribution in [3.8, 4) is 11.3 Å². The Morgan fingerprint density at radius 2 is 1.52 bits per heavy atom. The monoisotopic (exact) mass is 289 g/mol. The quantitative estimate of drug-likeness (QED) is 0.730. The van der Waals surface area contributed by atoms with Crippen LogP contribution in [0.3, 0.4) is 0 Å². The fraction of sp³-hybridized carbons (Fsp3) is 0.0667.